The van der Waals surface area contributed by atoms with Crippen molar-refractivity contribution in [1.29, 1.82) is 0 Å². The molecule has 0 aliphatic heterocycles. The van der Waals surface area contributed by atoms with Crippen LogP contribution in [0.15, 0.2) is 30.3 Å². The third-order valence-electron chi connectivity index (χ3n) is 4.04. The summed E-state index contributed by atoms with van der Waals surface area (Å²) in [6, 6.07) is 11.0. The summed E-state index contributed by atoms with van der Waals surface area (Å²) in [5, 5.41) is 0. The minimum absolute atomic E-state index is 0.239. The number of hydrogen-bond donors (Lipinski definition) is 1. The molecule has 1 rings (SSSR count). The van der Waals surface area contributed by atoms with Gasteiger partial charge in [0.25, 0.3) is 0 Å². The zero-order valence-electron chi connectivity index (χ0n) is 13.0. The molecule has 1 aromatic rings. The van der Waals surface area contributed by atoms with E-state index in [4.69, 9.17) is 5.73 Å². The normalized spacial score (nSPS) is 16.3. The molecule has 0 radical (unpaired) electrons. The Morgan fingerprint density at radius 3 is 2.21 bits per heavy atom. The second-order valence-corrected chi connectivity index (χ2v) is 5.78. The summed E-state index contributed by atoms with van der Waals surface area (Å²) in [6.45, 7) is 4.47. The Hall–Kier alpha value is -0.860. The number of unbranched alkanes of at least 4 members (excludes halogenated alkanes) is 1. The highest BCUT2D eigenvalue weighted by Gasteiger charge is 2.36. The Morgan fingerprint density at radius 2 is 1.74 bits per heavy atom. The van der Waals surface area contributed by atoms with E-state index in [2.05, 4.69) is 63.2 Å². The van der Waals surface area contributed by atoms with Gasteiger partial charge in [0.05, 0.1) is 5.54 Å². The van der Waals surface area contributed by atoms with Crippen molar-refractivity contribution in [2.24, 2.45) is 5.73 Å². The average Bonchev–Trinajstić information content (AvgIpc) is 2.43. The fourth-order valence-electron chi connectivity index (χ4n) is 2.97. The zero-order valence-corrected chi connectivity index (χ0v) is 13.0. The highest BCUT2D eigenvalue weighted by Crippen LogP contribution is 2.32. The maximum Gasteiger partial charge on any atom is 0.0567 e. The molecule has 2 nitrogen and oxygen atoms in total. The number of rotatable bonds is 8. The molecule has 0 saturated heterocycles. The molecule has 2 N–H and O–H groups in total. The highest BCUT2D eigenvalue weighted by molar-refractivity contribution is 5.26. The molecule has 0 amide bonds. The lowest BCUT2D eigenvalue weighted by atomic mass is 9.77. The van der Waals surface area contributed by atoms with Crippen LogP contribution in [0.3, 0.4) is 0 Å². The van der Waals surface area contributed by atoms with Crippen molar-refractivity contribution in [2.75, 3.05) is 14.1 Å². The van der Waals surface area contributed by atoms with Crippen molar-refractivity contribution in [1.82, 2.24) is 4.90 Å². The molecule has 2 heteroatoms. The predicted octanol–water partition coefficient (Wildman–Crippen LogP) is 3.76. The Bertz CT molecular complexity index is 348. The summed E-state index contributed by atoms with van der Waals surface area (Å²) < 4.78 is 0. The van der Waals surface area contributed by atoms with Crippen LogP contribution in [0.4, 0.5) is 0 Å². The quantitative estimate of drug-likeness (QED) is 0.773. The standard InChI is InChI=1S/C17H30N2/c1-5-7-14-17(18,15-12-9-8-10-13-15)16(11-6-2)19(3)4/h8-10,12-13,16H,5-7,11,14,18H2,1-4H3. The van der Waals surface area contributed by atoms with E-state index in [1.54, 1.807) is 0 Å². The number of hydrogen-bond acceptors (Lipinski definition) is 2. The number of likely N-dealkylation sites (N-methyl/N-ethyl adjacent to an activating group) is 1. The molecule has 0 saturated carbocycles. The first-order chi connectivity index (χ1) is 9.06. The molecule has 0 fully saturated rings. The first kappa shape index (κ1) is 16.2. The summed E-state index contributed by atoms with van der Waals surface area (Å²) in [6.07, 6.45) is 5.73. The second kappa shape index (κ2) is 7.66. The summed E-state index contributed by atoms with van der Waals surface area (Å²) in [4.78, 5) is 2.30. The highest BCUT2D eigenvalue weighted by atomic mass is 15.1. The first-order valence-electron chi connectivity index (χ1n) is 7.57. The molecule has 0 aliphatic carbocycles. The van der Waals surface area contributed by atoms with Crippen molar-refractivity contribution in [3.05, 3.63) is 35.9 Å². The zero-order chi connectivity index (χ0) is 14.3. The summed E-state index contributed by atoms with van der Waals surface area (Å²) in [5.41, 5.74) is 7.93. The molecular weight excluding hydrogens is 232 g/mol. The number of nitrogens with two attached hydrogens (primary N) is 1. The molecule has 0 spiro atoms. The molecule has 0 bridgehead atoms. The van der Waals surface area contributed by atoms with Crippen molar-refractivity contribution in [3.8, 4) is 0 Å². The van der Waals surface area contributed by atoms with Gasteiger partial charge in [-0.15, -0.1) is 0 Å². The largest absolute Gasteiger partial charge is 0.320 e. The van der Waals surface area contributed by atoms with E-state index in [1.807, 2.05) is 0 Å². The van der Waals surface area contributed by atoms with Crippen molar-refractivity contribution < 1.29 is 0 Å². The van der Waals surface area contributed by atoms with Crippen molar-refractivity contribution >= 4 is 0 Å². The molecule has 0 aliphatic rings. The molecule has 19 heavy (non-hydrogen) atoms. The van der Waals surface area contributed by atoms with Crippen LogP contribution in [0.2, 0.25) is 0 Å². The summed E-state index contributed by atoms with van der Waals surface area (Å²) >= 11 is 0. The van der Waals surface area contributed by atoms with Crippen LogP contribution in [0.25, 0.3) is 0 Å². The van der Waals surface area contributed by atoms with Gasteiger partial charge in [0, 0.05) is 6.04 Å². The van der Waals surface area contributed by atoms with E-state index in [-0.39, 0.29) is 5.54 Å². The second-order valence-electron chi connectivity index (χ2n) is 5.78. The third-order valence-corrected chi connectivity index (χ3v) is 4.04. The fraction of sp³-hybridized carbons (Fsp3) is 0.647. The van der Waals surface area contributed by atoms with Gasteiger partial charge in [0.1, 0.15) is 0 Å². The van der Waals surface area contributed by atoms with Crippen LogP contribution in [0.1, 0.15) is 51.5 Å². The lowest BCUT2D eigenvalue weighted by molar-refractivity contribution is 0.152. The van der Waals surface area contributed by atoms with Crippen LogP contribution in [0.5, 0.6) is 0 Å². The molecule has 0 aromatic heterocycles. The summed E-state index contributed by atoms with van der Waals surface area (Å²) in [5.74, 6) is 0. The first-order valence-corrected chi connectivity index (χ1v) is 7.57. The van der Waals surface area contributed by atoms with Crippen LogP contribution < -0.4 is 5.73 Å². The van der Waals surface area contributed by atoms with Gasteiger partial charge in [-0.05, 0) is 32.5 Å². The van der Waals surface area contributed by atoms with Crippen LogP contribution in [-0.4, -0.2) is 25.0 Å². The molecule has 0 heterocycles. The number of nitrogens with zero attached hydrogens (tertiary/aromatic N) is 1. The smallest absolute Gasteiger partial charge is 0.0567 e. The van der Waals surface area contributed by atoms with Crippen LogP contribution >= 0.6 is 0 Å². The van der Waals surface area contributed by atoms with E-state index < -0.39 is 0 Å². The van der Waals surface area contributed by atoms with E-state index >= 15 is 0 Å². The van der Waals surface area contributed by atoms with Crippen molar-refractivity contribution in [2.45, 2.75) is 57.5 Å². The predicted molar refractivity (Wildman–Crippen MR) is 84.2 cm³/mol. The topological polar surface area (TPSA) is 29.3 Å². The van der Waals surface area contributed by atoms with E-state index in [1.165, 1.54) is 24.8 Å². The van der Waals surface area contributed by atoms with Crippen LogP contribution in [-0.2, 0) is 5.54 Å². The van der Waals surface area contributed by atoms with Gasteiger partial charge in [-0.25, -0.2) is 0 Å². The number of benzene rings is 1. The molecule has 2 unspecified atom stereocenters. The van der Waals surface area contributed by atoms with E-state index in [0.29, 0.717) is 6.04 Å². The lowest BCUT2D eigenvalue weighted by Crippen LogP contribution is -2.54. The van der Waals surface area contributed by atoms with Gasteiger partial charge in [-0.3, -0.25) is 0 Å². The van der Waals surface area contributed by atoms with Gasteiger partial charge < -0.3 is 10.6 Å². The Morgan fingerprint density at radius 1 is 1.11 bits per heavy atom. The third kappa shape index (κ3) is 4.05. The minimum atomic E-state index is -0.239. The molecular formula is C17H30N2. The summed E-state index contributed by atoms with van der Waals surface area (Å²) in [7, 11) is 4.30. The van der Waals surface area contributed by atoms with Gasteiger partial charge in [-0.1, -0.05) is 63.4 Å². The Labute approximate surface area is 119 Å². The lowest BCUT2D eigenvalue weighted by Gasteiger charge is -2.42. The van der Waals surface area contributed by atoms with Crippen LogP contribution in [0, 0.1) is 0 Å². The SMILES string of the molecule is CCCCC(N)(c1ccccc1)C(CCC)N(C)C. The fourth-order valence-corrected chi connectivity index (χ4v) is 2.97. The van der Waals surface area contributed by atoms with Gasteiger partial charge in [-0.2, -0.15) is 0 Å². The van der Waals surface area contributed by atoms with Gasteiger partial charge >= 0.3 is 0 Å². The Kier molecular flexibility index (Phi) is 6.53. The van der Waals surface area contributed by atoms with Crippen molar-refractivity contribution in [3.63, 3.8) is 0 Å². The van der Waals surface area contributed by atoms with E-state index in [9.17, 15) is 0 Å². The maximum atomic E-state index is 6.90. The average molecular weight is 262 g/mol. The Balaban J connectivity index is 3.09. The minimum Gasteiger partial charge on any atom is -0.320 e. The maximum absolute atomic E-state index is 6.90. The molecule has 1 aromatic carbocycles. The molecule has 2 atom stereocenters. The van der Waals surface area contributed by atoms with Gasteiger partial charge in [0.15, 0.2) is 0 Å². The molecule has 108 valence electrons. The van der Waals surface area contributed by atoms with E-state index in [0.717, 1.165) is 12.8 Å². The monoisotopic (exact) mass is 262 g/mol. The van der Waals surface area contributed by atoms with Gasteiger partial charge in [0.2, 0.25) is 0 Å².